The van der Waals surface area contributed by atoms with Gasteiger partial charge < -0.3 is 15.4 Å². The van der Waals surface area contributed by atoms with Gasteiger partial charge in [0.15, 0.2) is 0 Å². The third-order valence-electron chi connectivity index (χ3n) is 3.86. The number of amides is 1. The molecule has 4 nitrogen and oxygen atoms in total. The van der Waals surface area contributed by atoms with Crippen LogP contribution >= 0.6 is 0 Å². The minimum Gasteiger partial charge on any atom is -0.495 e. The lowest BCUT2D eigenvalue weighted by molar-refractivity contribution is -0.114. The molecule has 0 saturated heterocycles. The molecule has 3 aromatic rings. The highest BCUT2D eigenvalue weighted by atomic mass is 16.5. The van der Waals surface area contributed by atoms with E-state index in [1.165, 1.54) is 0 Å². The van der Waals surface area contributed by atoms with E-state index in [2.05, 4.69) is 10.6 Å². The highest BCUT2D eigenvalue weighted by Gasteiger charge is 2.08. The highest BCUT2D eigenvalue weighted by Crippen LogP contribution is 2.25. The molecule has 0 radical (unpaired) electrons. The van der Waals surface area contributed by atoms with Crippen LogP contribution in [-0.4, -0.2) is 19.6 Å². The predicted octanol–water partition coefficient (Wildman–Crippen LogP) is 4.21. The van der Waals surface area contributed by atoms with Gasteiger partial charge in [0.1, 0.15) is 5.75 Å². The van der Waals surface area contributed by atoms with Gasteiger partial charge in [-0.25, -0.2) is 0 Å². The number of hydrogen-bond acceptors (Lipinski definition) is 3. The lowest BCUT2D eigenvalue weighted by Gasteiger charge is -2.13. The van der Waals surface area contributed by atoms with E-state index >= 15 is 0 Å². The molecule has 3 aromatic carbocycles. The van der Waals surface area contributed by atoms with Crippen LogP contribution in [-0.2, 0) is 4.79 Å². The van der Waals surface area contributed by atoms with Crippen molar-refractivity contribution >= 4 is 28.1 Å². The summed E-state index contributed by atoms with van der Waals surface area (Å²) in [5.74, 6) is 0.619. The minimum absolute atomic E-state index is 0.102. The number of hydrogen-bond donors (Lipinski definition) is 2. The third-order valence-corrected chi connectivity index (χ3v) is 3.86. The van der Waals surface area contributed by atoms with Crippen LogP contribution in [0.1, 0.15) is 5.56 Å². The molecule has 2 N–H and O–H groups in total. The number of benzene rings is 3. The number of anilines is 2. The zero-order chi connectivity index (χ0) is 16.9. The van der Waals surface area contributed by atoms with Crippen LogP contribution < -0.4 is 15.4 Å². The Hall–Kier alpha value is -3.01. The predicted molar refractivity (Wildman–Crippen MR) is 98.8 cm³/mol. The van der Waals surface area contributed by atoms with Crippen molar-refractivity contribution in [2.45, 2.75) is 6.92 Å². The second kappa shape index (κ2) is 7.04. The summed E-state index contributed by atoms with van der Waals surface area (Å²) in [6.07, 6.45) is 0. The summed E-state index contributed by atoms with van der Waals surface area (Å²) in [7, 11) is 1.62. The van der Waals surface area contributed by atoms with Crippen molar-refractivity contribution in [3.05, 3.63) is 66.2 Å². The first-order chi connectivity index (χ1) is 11.7. The Labute approximate surface area is 141 Å². The number of carbonyl (C=O) groups is 1. The average Bonchev–Trinajstić information content (AvgIpc) is 2.60. The van der Waals surface area contributed by atoms with Crippen molar-refractivity contribution in [1.82, 2.24) is 0 Å². The van der Waals surface area contributed by atoms with E-state index in [9.17, 15) is 4.79 Å². The summed E-state index contributed by atoms with van der Waals surface area (Å²) in [4.78, 5) is 12.3. The Bertz CT molecular complexity index is 869. The van der Waals surface area contributed by atoms with Gasteiger partial charge >= 0.3 is 0 Å². The average molecular weight is 320 g/mol. The molecule has 0 atom stereocenters. The fraction of sp³-hybridized carbons (Fsp3) is 0.150. The van der Waals surface area contributed by atoms with Gasteiger partial charge in [-0.3, -0.25) is 4.79 Å². The fourth-order valence-electron chi connectivity index (χ4n) is 2.66. The normalized spacial score (nSPS) is 10.4. The topological polar surface area (TPSA) is 50.4 Å². The second-order valence-electron chi connectivity index (χ2n) is 5.63. The van der Waals surface area contributed by atoms with Crippen LogP contribution in [0, 0.1) is 6.92 Å². The second-order valence-corrected chi connectivity index (χ2v) is 5.63. The van der Waals surface area contributed by atoms with E-state index in [0.29, 0.717) is 0 Å². The monoisotopic (exact) mass is 320 g/mol. The molecule has 0 heterocycles. The number of carbonyl (C=O) groups excluding carboxylic acids is 1. The first-order valence-electron chi connectivity index (χ1n) is 7.83. The Balaban J connectivity index is 1.71. The molecule has 3 rings (SSSR count). The Kier molecular flexibility index (Phi) is 4.66. The van der Waals surface area contributed by atoms with Crippen molar-refractivity contribution in [3.63, 3.8) is 0 Å². The summed E-state index contributed by atoms with van der Waals surface area (Å²) < 4.78 is 5.31. The van der Waals surface area contributed by atoms with Gasteiger partial charge in [0.05, 0.1) is 19.3 Å². The van der Waals surface area contributed by atoms with E-state index in [0.717, 1.165) is 33.5 Å². The summed E-state index contributed by atoms with van der Waals surface area (Å²) >= 11 is 0. The van der Waals surface area contributed by atoms with Crippen LogP contribution in [0.3, 0.4) is 0 Å². The van der Waals surface area contributed by atoms with E-state index in [4.69, 9.17) is 4.74 Å². The molecule has 0 aromatic heterocycles. The summed E-state index contributed by atoms with van der Waals surface area (Å²) in [6.45, 7) is 2.17. The molecule has 0 aliphatic carbocycles. The number of nitrogens with one attached hydrogen (secondary N) is 2. The van der Waals surface area contributed by atoms with E-state index in [-0.39, 0.29) is 12.5 Å². The van der Waals surface area contributed by atoms with Crippen LogP contribution in [0.5, 0.6) is 5.75 Å². The Morgan fingerprint density at radius 3 is 2.62 bits per heavy atom. The Morgan fingerprint density at radius 2 is 1.79 bits per heavy atom. The van der Waals surface area contributed by atoms with Crippen molar-refractivity contribution in [2.75, 3.05) is 24.3 Å². The lowest BCUT2D eigenvalue weighted by atomic mass is 10.1. The van der Waals surface area contributed by atoms with Gasteiger partial charge in [0.2, 0.25) is 5.91 Å². The largest absolute Gasteiger partial charge is 0.495 e. The molecular formula is C20H20N2O2. The van der Waals surface area contributed by atoms with Crippen LogP contribution in [0.2, 0.25) is 0 Å². The molecule has 0 fully saturated rings. The molecule has 0 spiro atoms. The smallest absolute Gasteiger partial charge is 0.243 e. The van der Waals surface area contributed by atoms with Gasteiger partial charge in [-0.15, -0.1) is 0 Å². The quantitative estimate of drug-likeness (QED) is 0.740. The number of methoxy groups -OCH3 is 1. The zero-order valence-corrected chi connectivity index (χ0v) is 13.8. The lowest BCUT2D eigenvalue weighted by Crippen LogP contribution is -2.22. The Morgan fingerprint density at radius 1 is 1.00 bits per heavy atom. The molecule has 122 valence electrons. The number of ether oxygens (including phenoxy) is 1. The van der Waals surface area contributed by atoms with E-state index < -0.39 is 0 Å². The molecule has 0 aliphatic heterocycles. The zero-order valence-electron chi connectivity index (χ0n) is 13.8. The van der Waals surface area contributed by atoms with Gasteiger partial charge in [0.25, 0.3) is 0 Å². The standard InChI is InChI=1S/C20H20N2O2/c1-14-10-11-19(24-2)18(12-14)21-13-20(23)22-17-9-5-7-15-6-3-4-8-16(15)17/h3-12,21H,13H2,1-2H3,(H,22,23). The van der Waals surface area contributed by atoms with Crippen LogP contribution in [0.4, 0.5) is 11.4 Å². The van der Waals surface area contributed by atoms with Gasteiger partial charge in [-0.05, 0) is 36.1 Å². The van der Waals surface area contributed by atoms with E-state index in [1.54, 1.807) is 7.11 Å². The third kappa shape index (κ3) is 3.49. The van der Waals surface area contributed by atoms with Gasteiger partial charge in [-0.1, -0.05) is 42.5 Å². The van der Waals surface area contributed by atoms with Crippen LogP contribution in [0.25, 0.3) is 10.8 Å². The molecule has 0 unspecified atom stereocenters. The highest BCUT2D eigenvalue weighted by molar-refractivity contribution is 6.03. The number of rotatable bonds is 5. The fourth-order valence-corrected chi connectivity index (χ4v) is 2.66. The number of aryl methyl sites for hydroxylation is 1. The van der Waals surface area contributed by atoms with Gasteiger partial charge in [0, 0.05) is 11.1 Å². The maximum atomic E-state index is 12.3. The van der Waals surface area contributed by atoms with Crippen molar-refractivity contribution in [2.24, 2.45) is 0 Å². The maximum Gasteiger partial charge on any atom is 0.243 e. The molecule has 1 amide bonds. The molecule has 0 bridgehead atoms. The van der Waals surface area contributed by atoms with Crippen LogP contribution in [0.15, 0.2) is 60.7 Å². The van der Waals surface area contributed by atoms with E-state index in [1.807, 2.05) is 67.6 Å². The van der Waals surface area contributed by atoms with Crippen molar-refractivity contribution in [1.29, 1.82) is 0 Å². The first kappa shape index (κ1) is 15.9. The molecular weight excluding hydrogens is 300 g/mol. The summed E-state index contributed by atoms with van der Waals surface area (Å²) in [5, 5.41) is 8.23. The molecule has 24 heavy (non-hydrogen) atoms. The number of fused-ring (bicyclic) bond motifs is 1. The van der Waals surface area contributed by atoms with Crippen molar-refractivity contribution < 1.29 is 9.53 Å². The minimum atomic E-state index is -0.102. The van der Waals surface area contributed by atoms with Crippen molar-refractivity contribution in [3.8, 4) is 5.75 Å². The summed E-state index contributed by atoms with van der Waals surface area (Å²) in [6, 6.07) is 19.7. The molecule has 0 aliphatic rings. The maximum absolute atomic E-state index is 12.3. The molecule has 4 heteroatoms. The summed E-state index contributed by atoms with van der Waals surface area (Å²) in [5.41, 5.74) is 2.73. The van der Waals surface area contributed by atoms with Gasteiger partial charge in [-0.2, -0.15) is 0 Å². The first-order valence-corrected chi connectivity index (χ1v) is 7.83. The molecule has 0 saturated carbocycles. The SMILES string of the molecule is COc1ccc(C)cc1NCC(=O)Nc1cccc2ccccc12.